The maximum absolute atomic E-state index is 12.6. The first-order valence-corrected chi connectivity index (χ1v) is 9.02. The fourth-order valence-corrected chi connectivity index (χ4v) is 4.76. The molecule has 2 aliphatic heterocycles. The predicted molar refractivity (Wildman–Crippen MR) is 84.6 cm³/mol. The Morgan fingerprint density at radius 1 is 1.43 bits per heavy atom. The topological polar surface area (TPSA) is 62.3 Å². The highest BCUT2D eigenvalue weighted by atomic mass is 32.2. The molecule has 0 radical (unpaired) electrons. The van der Waals surface area contributed by atoms with Crippen molar-refractivity contribution < 1.29 is 9.59 Å². The fourth-order valence-electron chi connectivity index (χ4n) is 2.54. The van der Waals surface area contributed by atoms with Crippen LogP contribution < -0.4 is 5.32 Å². The average Bonchev–Trinajstić information content (AvgIpc) is 3.07. The van der Waals surface area contributed by atoms with E-state index in [-0.39, 0.29) is 23.9 Å². The van der Waals surface area contributed by atoms with Crippen molar-refractivity contribution in [1.82, 2.24) is 15.2 Å². The van der Waals surface area contributed by atoms with Crippen LogP contribution in [-0.2, 0) is 16.8 Å². The minimum absolute atomic E-state index is 0.0104. The summed E-state index contributed by atoms with van der Waals surface area (Å²) in [5.74, 6) is 1.51. The third-order valence-corrected chi connectivity index (χ3v) is 6.29. The molecule has 1 aromatic heterocycles. The number of thiazole rings is 1. The third kappa shape index (κ3) is 2.57. The van der Waals surface area contributed by atoms with Crippen molar-refractivity contribution >= 4 is 35.0 Å². The highest BCUT2D eigenvalue weighted by Crippen LogP contribution is 2.34. The molecule has 1 N–H and O–H groups in total. The molecule has 1 aromatic rings. The van der Waals surface area contributed by atoms with Crippen LogP contribution in [0, 0.1) is 0 Å². The Balaban J connectivity index is 1.77. The van der Waals surface area contributed by atoms with Crippen LogP contribution >= 0.6 is 23.1 Å². The molecule has 2 saturated heterocycles. The highest BCUT2D eigenvalue weighted by Gasteiger charge is 2.52. The molecule has 2 fully saturated rings. The summed E-state index contributed by atoms with van der Waals surface area (Å²) >= 11 is 3.30. The van der Waals surface area contributed by atoms with Gasteiger partial charge in [0.2, 0.25) is 0 Å². The van der Waals surface area contributed by atoms with Crippen molar-refractivity contribution in [3.8, 4) is 0 Å². The summed E-state index contributed by atoms with van der Waals surface area (Å²) in [4.78, 5) is 30.5. The van der Waals surface area contributed by atoms with Gasteiger partial charge < -0.3 is 5.32 Å². The molecule has 0 bridgehead atoms. The molecule has 7 heteroatoms. The lowest BCUT2D eigenvalue weighted by molar-refractivity contribution is -0.130. The van der Waals surface area contributed by atoms with Crippen LogP contribution in [0.2, 0.25) is 0 Å². The second-order valence-electron chi connectivity index (χ2n) is 6.60. The second kappa shape index (κ2) is 4.98. The maximum atomic E-state index is 12.6. The number of urea groups is 1. The minimum atomic E-state index is -0.662. The SMILES string of the molecule is CC(C)(C)c1nc(CN2C(=O)NC3(CCSC3)C2=O)cs1. The minimum Gasteiger partial charge on any atom is -0.322 e. The van der Waals surface area contributed by atoms with E-state index in [4.69, 9.17) is 0 Å². The van der Waals surface area contributed by atoms with Gasteiger partial charge in [0.05, 0.1) is 17.2 Å². The number of hydrogen-bond donors (Lipinski definition) is 1. The molecule has 21 heavy (non-hydrogen) atoms. The lowest BCUT2D eigenvalue weighted by atomic mass is 9.98. The van der Waals surface area contributed by atoms with E-state index in [1.165, 1.54) is 4.90 Å². The van der Waals surface area contributed by atoms with Crippen LogP contribution in [0.25, 0.3) is 0 Å². The van der Waals surface area contributed by atoms with Gasteiger partial charge in [-0.15, -0.1) is 11.3 Å². The number of carbonyl (C=O) groups is 2. The number of aromatic nitrogens is 1. The van der Waals surface area contributed by atoms with Gasteiger partial charge in [-0.2, -0.15) is 11.8 Å². The van der Waals surface area contributed by atoms with E-state index in [0.717, 1.165) is 22.9 Å². The zero-order chi connectivity index (χ0) is 15.3. The van der Waals surface area contributed by atoms with Crippen LogP contribution in [-0.4, -0.2) is 38.9 Å². The first-order chi connectivity index (χ1) is 9.82. The number of rotatable bonds is 2. The van der Waals surface area contributed by atoms with Gasteiger partial charge >= 0.3 is 6.03 Å². The molecule has 0 saturated carbocycles. The first kappa shape index (κ1) is 14.8. The van der Waals surface area contributed by atoms with Crippen LogP contribution in [0.5, 0.6) is 0 Å². The molecule has 5 nitrogen and oxygen atoms in total. The maximum Gasteiger partial charge on any atom is 0.325 e. The third-order valence-electron chi connectivity index (χ3n) is 3.78. The summed E-state index contributed by atoms with van der Waals surface area (Å²) < 4.78 is 0. The van der Waals surface area contributed by atoms with Gasteiger partial charge in [-0.3, -0.25) is 9.69 Å². The lowest BCUT2D eigenvalue weighted by Gasteiger charge is -2.19. The number of carbonyl (C=O) groups excluding carboxylic acids is 2. The molecule has 0 aliphatic carbocycles. The smallest absolute Gasteiger partial charge is 0.322 e. The molecule has 1 spiro atoms. The number of nitrogens with one attached hydrogen (secondary N) is 1. The molecular formula is C14H19N3O2S2. The average molecular weight is 325 g/mol. The van der Waals surface area contributed by atoms with E-state index in [9.17, 15) is 9.59 Å². The summed E-state index contributed by atoms with van der Waals surface area (Å²) in [7, 11) is 0. The summed E-state index contributed by atoms with van der Waals surface area (Å²) in [5, 5.41) is 5.84. The molecule has 1 atom stereocenters. The van der Waals surface area contributed by atoms with Gasteiger partial charge in [0.1, 0.15) is 5.54 Å². The Hall–Kier alpha value is -1.08. The lowest BCUT2D eigenvalue weighted by Crippen LogP contribution is -2.46. The van der Waals surface area contributed by atoms with Crippen LogP contribution in [0.4, 0.5) is 4.79 Å². The monoisotopic (exact) mass is 325 g/mol. The molecule has 2 aliphatic rings. The Labute approximate surface area is 132 Å². The predicted octanol–water partition coefficient (Wildman–Crippen LogP) is 2.37. The van der Waals surface area contributed by atoms with Gasteiger partial charge in [-0.05, 0) is 12.2 Å². The normalized spacial score (nSPS) is 26.0. The van der Waals surface area contributed by atoms with E-state index in [0.29, 0.717) is 5.75 Å². The van der Waals surface area contributed by atoms with E-state index in [1.54, 1.807) is 23.1 Å². The molecular weight excluding hydrogens is 306 g/mol. The quantitative estimate of drug-likeness (QED) is 0.848. The van der Waals surface area contributed by atoms with Gasteiger partial charge in [-0.25, -0.2) is 9.78 Å². The van der Waals surface area contributed by atoms with Crippen molar-refractivity contribution in [2.45, 2.75) is 44.7 Å². The standard InChI is InChI=1S/C14H19N3O2S2/c1-13(2,3)10-15-9(7-21-10)6-17-11(18)14(16-12(17)19)4-5-20-8-14/h7H,4-6,8H2,1-3H3,(H,16,19). The molecule has 114 valence electrons. The first-order valence-electron chi connectivity index (χ1n) is 6.99. The molecule has 0 aromatic carbocycles. The number of hydrogen-bond acceptors (Lipinski definition) is 5. The molecule has 3 amide bonds. The van der Waals surface area contributed by atoms with Crippen molar-refractivity contribution in [3.05, 3.63) is 16.1 Å². The Bertz CT molecular complexity index is 585. The zero-order valence-corrected chi connectivity index (χ0v) is 14.1. The van der Waals surface area contributed by atoms with Gasteiger partial charge in [0, 0.05) is 16.5 Å². The number of imide groups is 1. The largest absolute Gasteiger partial charge is 0.325 e. The zero-order valence-electron chi connectivity index (χ0n) is 12.4. The Morgan fingerprint density at radius 3 is 2.76 bits per heavy atom. The Kier molecular flexibility index (Phi) is 3.52. The van der Waals surface area contributed by atoms with E-state index in [1.807, 2.05) is 5.38 Å². The van der Waals surface area contributed by atoms with Gasteiger partial charge in [0.15, 0.2) is 0 Å². The number of amides is 3. The van der Waals surface area contributed by atoms with E-state index in [2.05, 4.69) is 31.1 Å². The second-order valence-corrected chi connectivity index (χ2v) is 8.56. The van der Waals surface area contributed by atoms with Crippen molar-refractivity contribution in [2.75, 3.05) is 11.5 Å². The van der Waals surface area contributed by atoms with Crippen LogP contribution in [0.15, 0.2) is 5.38 Å². The van der Waals surface area contributed by atoms with Crippen LogP contribution in [0.1, 0.15) is 37.9 Å². The van der Waals surface area contributed by atoms with E-state index >= 15 is 0 Å². The number of nitrogens with zero attached hydrogens (tertiary/aromatic N) is 2. The Morgan fingerprint density at radius 2 is 2.19 bits per heavy atom. The molecule has 3 rings (SSSR count). The van der Waals surface area contributed by atoms with Gasteiger partial charge in [-0.1, -0.05) is 20.8 Å². The molecule has 1 unspecified atom stereocenters. The molecule has 3 heterocycles. The van der Waals surface area contributed by atoms with Crippen molar-refractivity contribution in [2.24, 2.45) is 0 Å². The van der Waals surface area contributed by atoms with Crippen molar-refractivity contribution in [3.63, 3.8) is 0 Å². The van der Waals surface area contributed by atoms with E-state index < -0.39 is 5.54 Å². The summed E-state index contributed by atoms with van der Waals surface area (Å²) in [6, 6.07) is -0.284. The van der Waals surface area contributed by atoms with Gasteiger partial charge in [0.25, 0.3) is 5.91 Å². The highest BCUT2D eigenvalue weighted by molar-refractivity contribution is 7.99. The van der Waals surface area contributed by atoms with Crippen molar-refractivity contribution in [1.29, 1.82) is 0 Å². The summed E-state index contributed by atoms with van der Waals surface area (Å²) in [6.45, 7) is 6.58. The summed E-state index contributed by atoms with van der Waals surface area (Å²) in [6.07, 6.45) is 0.725. The van der Waals surface area contributed by atoms with Crippen LogP contribution in [0.3, 0.4) is 0 Å². The fraction of sp³-hybridized carbons (Fsp3) is 0.643. The summed E-state index contributed by atoms with van der Waals surface area (Å²) in [5.41, 5.74) is 0.116. The number of thioether (sulfide) groups is 1.